The Morgan fingerprint density at radius 2 is 1.75 bits per heavy atom. The summed E-state index contributed by atoms with van der Waals surface area (Å²) in [6.45, 7) is 4.15. The van der Waals surface area contributed by atoms with Crippen molar-refractivity contribution < 1.29 is 27.5 Å². The maximum atomic E-state index is 13.0. The first-order valence-electron chi connectivity index (χ1n) is 10.4. The molecule has 0 bridgehead atoms. The summed E-state index contributed by atoms with van der Waals surface area (Å²) in [7, 11) is -2.25. The number of sulfonamides is 1. The normalized spacial score (nSPS) is 14.6. The van der Waals surface area contributed by atoms with Gasteiger partial charge in [0.2, 0.25) is 10.0 Å². The van der Waals surface area contributed by atoms with E-state index in [1.807, 2.05) is 13.0 Å². The van der Waals surface area contributed by atoms with Gasteiger partial charge in [-0.15, -0.1) is 0 Å². The van der Waals surface area contributed by atoms with Crippen LogP contribution >= 0.6 is 0 Å². The van der Waals surface area contributed by atoms with E-state index in [1.165, 1.54) is 29.6 Å². The van der Waals surface area contributed by atoms with E-state index in [9.17, 15) is 18.0 Å². The zero-order valence-corrected chi connectivity index (χ0v) is 19.3. The Morgan fingerprint density at radius 1 is 1.03 bits per heavy atom. The lowest BCUT2D eigenvalue weighted by atomic mass is 10.1. The number of nitrogens with one attached hydrogen (secondary N) is 1. The first-order chi connectivity index (χ1) is 15.2. The van der Waals surface area contributed by atoms with Crippen LogP contribution in [-0.4, -0.2) is 51.4 Å². The van der Waals surface area contributed by atoms with Crippen molar-refractivity contribution >= 4 is 27.6 Å². The molecule has 2 aromatic carbocycles. The van der Waals surface area contributed by atoms with Crippen LogP contribution in [0.4, 0.5) is 5.69 Å². The summed E-state index contributed by atoms with van der Waals surface area (Å²) in [5.41, 5.74) is 2.35. The number of benzene rings is 2. The van der Waals surface area contributed by atoms with Gasteiger partial charge in [-0.1, -0.05) is 24.1 Å². The number of carbonyl (C=O) groups is 2. The van der Waals surface area contributed by atoms with Crippen molar-refractivity contribution in [3.05, 3.63) is 53.1 Å². The minimum atomic E-state index is -3.67. The molecule has 2 aromatic rings. The fourth-order valence-electron chi connectivity index (χ4n) is 3.64. The predicted octanol–water partition coefficient (Wildman–Crippen LogP) is 3.28. The van der Waals surface area contributed by atoms with Crippen LogP contribution in [0.3, 0.4) is 0 Å². The maximum Gasteiger partial charge on any atom is 0.338 e. The number of piperidine rings is 1. The van der Waals surface area contributed by atoms with Crippen molar-refractivity contribution in [1.29, 1.82) is 0 Å². The molecule has 1 fully saturated rings. The lowest BCUT2D eigenvalue weighted by Crippen LogP contribution is -2.35. The van der Waals surface area contributed by atoms with E-state index in [0.29, 0.717) is 24.4 Å². The number of amides is 1. The smallest absolute Gasteiger partial charge is 0.338 e. The molecule has 9 heteroatoms. The highest BCUT2D eigenvalue weighted by atomic mass is 32.2. The molecule has 32 heavy (non-hydrogen) atoms. The summed E-state index contributed by atoms with van der Waals surface area (Å²) in [6, 6.07) is 9.63. The molecule has 0 saturated carbocycles. The third-order valence-electron chi connectivity index (χ3n) is 5.33. The molecule has 1 saturated heterocycles. The van der Waals surface area contributed by atoms with E-state index in [-0.39, 0.29) is 10.6 Å². The Hall–Kier alpha value is -2.91. The Bertz CT molecular complexity index is 1110. The second-order valence-electron chi connectivity index (χ2n) is 7.77. The van der Waals surface area contributed by atoms with Crippen LogP contribution in [0.25, 0.3) is 0 Å². The average Bonchev–Trinajstić information content (AvgIpc) is 2.78. The van der Waals surface area contributed by atoms with Gasteiger partial charge in [-0.25, -0.2) is 13.2 Å². The Labute approximate surface area is 188 Å². The number of methoxy groups -OCH3 is 1. The van der Waals surface area contributed by atoms with Crippen LogP contribution < -0.4 is 10.1 Å². The first-order valence-corrected chi connectivity index (χ1v) is 11.9. The number of hydrogen-bond donors (Lipinski definition) is 1. The lowest BCUT2D eigenvalue weighted by molar-refractivity contribution is -0.119. The van der Waals surface area contributed by atoms with Crippen molar-refractivity contribution in [2.45, 2.75) is 38.0 Å². The van der Waals surface area contributed by atoms with Crippen molar-refractivity contribution in [2.75, 3.05) is 32.1 Å². The Kier molecular flexibility index (Phi) is 7.52. The van der Waals surface area contributed by atoms with Crippen LogP contribution in [0.1, 0.15) is 40.7 Å². The molecule has 8 nitrogen and oxygen atoms in total. The molecule has 172 valence electrons. The molecule has 1 heterocycles. The van der Waals surface area contributed by atoms with E-state index < -0.39 is 28.5 Å². The highest BCUT2D eigenvalue weighted by Gasteiger charge is 2.27. The molecular formula is C23H28N2O6S. The van der Waals surface area contributed by atoms with Gasteiger partial charge < -0.3 is 14.8 Å². The molecule has 0 aromatic heterocycles. The summed E-state index contributed by atoms with van der Waals surface area (Å²) in [5, 5.41) is 2.58. The van der Waals surface area contributed by atoms with Gasteiger partial charge in [-0.05, 0) is 56.5 Å². The molecule has 1 N–H and O–H groups in total. The van der Waals surface area contributed by atoms with E-state index in [4.69, 9.17) is 9.47 Å². The number of aryl methyl sites for hydroxylation is 2. The molecule has 1 amide bonds. The number of rotatable bonds is 7. The molecule has 0 aliphatic carbocycles. The van der Waals surface area contributed by atoms with Crippen molar-refractivity contribution in [3.63, 3.8) is 0 Å². The SMILES string of the molecule is COc1ccc(S(=O)(=O)N2CCCCC2)cc1NC(=O)COC(=O)c1ccc(C)cc1C. The van der Waals surface area contributed by atoms with Gasteiger partial charge in [0, 0.05) is 13.1 Å². The van der Waals surface area contributed by atoms with Crippen molar-refractivity contribution in [2.24, 2.45) is 0 Å². The minimum absolute atomic E-state index is 0.0720. The largest absolute Gasteiger partial charge is 0.495 e. The summed E-state index contributed by atoms with van der Waals surface area (Å²) < 4.78 is 37.7. The quantitative estimate of drug-likeness (QED) is 0.636. The molecule has 0 radical (unpaired) electrons. The fraction of sp³-hybridized carbons (Fsp3) is 0.391. The number of ether oxygens (including phenoxy) is 2. The van der Waals surface area contributed by atoms with Crippen LogP contribution in [-0.2, 0) is 19.6 Å². The second-order valence-corrected chi connectivity index (χ2v) is 9.71. The third-order valence-corrected chi connectivity index (χ3v) is 7.23. The molecule has 0 unspecified atom stereocenters. The fourth-order valence-corrected chi connectivity index (χ4v) is 5.18. The van der Waals surface area contributed by atoms with E-state index in [2.05, 4.69) is 5.32 Å². The number of esters is 1. The number of carbonyl (C=O) groups excluding carboxylic acids is 2. The highest BCUT2D eigenvalue weighted by molar-refractivity contribution is 7.89. The van der Waals surface area contributed by atoms with Crippen molar-refractivity contribution in [1.82, 2.24) is 4.31 Å². The first kappa shape index (κ1) is 23.7. The van der Waals surface area contributed by atoms with Crippen LogP contribution in [0.15, 0.2) is 41.3 Å². The van der Waals surface area contributed by atoms with Gasteiger partial charge in [0.15, 0.2) is 6.61 Å². The molecule has 3 rings (SSSR count). The molecule has 0 atom stereocenters. The maximum absolute atomic E-state index is 13.0. The molecule has 0 spiro atoms. The minimum Gasteiger partial charge on any atom is -0.495 e. The lowest BCUT2D eigenvalue weighted by Gasteiger charge is -2.26. The summed E-state index contributed by atoms with van der Waals surface area (Å²) in [5.74, 6) is -0.906. The van der Waals surface area contributed by atoms with E-state index in [0.717, 1.165) is 30.4 Å². The van der Waals surface area contributed by atoms with Gasteiger partial charge in [-0.2, -0.15) is 4.31 Å². The van der Waals surface area contributed by atoms with Gasteiger partial charge >= 0.3 is 5.97 Å². The summed E-state index contributed by atoms with van der Waals surface area (Å²) in [4.78, 5) is 24.8. The van der Waals surface area contributed by atoms with Gasteiger partial charge in [0.1, 0.15) is 5.75 Å². The zero-order valence-electron chi connectivity index (χ0n) is 18.5. The molecule has 1 aliphatic heterocycles. The predicted molar refractivity (Wildman–Crippen MR) is 120 cm³/mol. The van der Waals surface area contributed by atoms with Crippen LogP contribution in [0.5, 0.6) is 5.75 Å². The van der Waals surface area contributed by atoms with Gasteiger partial charge in [0.25, 0.3) is 5.91 Å². The Balaban J connectivity index is 1.71. The summed E-state index contributed by atoms with van der Waals surface area (Å²) >= 11 is 0. The van der Waals surface area contributed by atoms with Gasteiger partial charge in [-0.3, -0.25) is 4.79 Å². The Morgan fingerprint density at radius 3 is 2.41 bits per heavy atom. The third kappa shape index (κ3) is 5.46. The standard InChI is InChI=1S/C23H28N2O6S/c1-16-7-9-19(17(2)13-16)23(27)31-15-22(26)24-20-14-18(8-10-21(20)30-3)32(28,29)25-11-5-4-6-12-25/h7-10,13-14H,4-6,11-12,15H2,1-3H3,(H,24,26). The second kappa shape index (κ2) is 10.1. The van der Waals surface area contributed by atoms with Crippen LogP contribution in [0, 0.1) is 13.8 Å². The molecular weight excluding hydrogens is 432 g/mol. The number of nitrogens with zero attached hydrogens (tertiary/aromatic N) is 1. The van der Waals surface area contributed by atoms with E-state index in [1.54, 1.807) is 19.1 Å². The highest BCUT2D eigenvalue weighted by Crippen LogP contribution is 2.30. The summed E-state index contributed by atoms with van der Waals surface area (Å²) in [6.07, 6.45) is 2.66. The van der Waals surface area contributed by atoms with Crippen molar-refractivity contribution in [3.8, 4) is 5.75 Å². The topological polar surface area (TPSA) is 102 Å². The number of hydrogen-bond acceptors (Lipinski definition) is 6. The average molecular weight is 461 g/mol. The van der Waals surface area contributed by atoms with E-state index >= 15 is 0 Å². The van der Waals surface area contributed by atoms with Crippen LogP contribution in [0.2, 0.25) is 0 Å². The number of anilines is 1. The van der Waals surface area contributed by atoms with Gasteiger partial charge in [0.05, 0.1) is 23.3 Å². The monoisotopic (exact) mass is 460 g/mol. The molecule has 1 aliphatic rings. The zero-order chi connectivity index (χ0) is 23.3.